The molecule has 3 aliphatic carbocycles. The van der Waals surface area contributed by atoms with E-state index in [0.29, 0.717) is 10.7 Å². The van der Waals surface area contributed by atoms with Crippen LogP contribution in [0.5, 0.6) is 0 Å². The molecule has 2 bridgehead atoms. The molecule has 5 atom stereocenters. The van der Waals surface area contributed by atoms with Gasteiger partial charge in [-0.1, -0.05) is 54.0 Å². The number of rotatable bonds is 3. The van der Waals surface area contributed by atoms with Crippen molar-refractivity contribution in [2.24, 2.45) is 29.6 Å². The van der Waals surface area contributed by atoms with Crippen LogP contribution in [0.4, 0.5) is 0 Å². The van der Waals surface area contributed by atoms with Crippen LogP contribution in [0.25, 0.3) is 0 Å². The average Bonchev–Trinajstić information content (AvgIpc) is 2.85. The highest BCUT2D eigenvalue weighted by atomic mass is 79.9. The maximum atomic E-state index is 4.01. The van der Waals surface area contributed by atoms with Crippen LogP contribution in [0.15, 0.2) is 24.3 Å². The Morgan fingerprint density at radius 2 is 1.47 bits per heavy atom. The summed E-state index contributed by atoms with van der Waals surface area (Å²) in [5.41, 5.74) is 2.96. The van der Waals surface area contributed by atoms with Crippen molar-refractivity contribution >= 4 is 15.9 Å². The molecule has 0 N–H and O–H groups in total. The first-order valence-electron chi connectivity index (χ1n) is 7.90. The van der Waals surface area contributed by atoms with Crippen LogP contribution in [0.2, 0.25) is 0 Å². The van der Waals surface area contributed by atoms with Crippen molar-refractivity contribution in [2.75, 3.05) is 0 Å². The van der Waals surface area contributed by atoms with Gasteiger partial charge in [-0.25, -0.2) is 0 Å². The first kappa shape index (κ1) is 12.4. The van der Waals surface area contributed by atoms with Crippen LogP contribution in [0.3, 0.4) is 0 Å². The minimum absolute atomic E-state index is 0.604. The van der Waals surface area contributed by atoms with Crippen molar-refractivity contribution in [3.8, 4) is 0 Å². The van der Waals surface area contributed by atoms with E-state index in [1.165, 1.54) is 24.0 Å². The molecule has 0 aliphatic heterocycles. The Labute approximate surface area is 125 Å². The highest BCUT2D eigenvalue weighted by Gasteiger charge is 2.66. The van der Waals surface area contributed by atoms with Gasteiger partial charge in [0.25, 0.3) is 0 Å². The first-order valence-corrected chi connectivity index (χ1v) is 8.82. The SMILES string of the molecule is CC(C)c1ccc(C(Br)C2C3C4CCC(C4)C32)cc1. The molecule has 5 unspecified atom stereocenters. The summed E-state index contributed by atoms with van der Waals surface area (Å²) in [7, 11) is 0. The fourth-order valence-corrected chi connectivity index (χ4v) is 6.08. The van der Waals surface area contributed by atoms with Crippen molar-refractivity contribution in [1.29, 1.82) is 0 Å². The average molecular weight is 319 g/mol. The smallest absolute Gasteiger partial charge is 0.0429 e. The lowest BCUT2D eigenvalue weighted by molar-refractivity contribution is 0.456. The molecular weight excluding hydrogens is 296 g/mol. The Morgan fingerprint density at radius 1 is 0.947 bits per heavy atom. The van der Waals surface area contributed by atoms with Crippen molar-refractivity contribution < 1.29 is 0 Å². The Balaban J connectivity index is 1.51. The van der Waals surface area contributed by atoms with E-state index in [0.717, 1.165) is 29.6 Å². The summed E-state index contributed by atoms with van der Waals surface area (Å²) < 4.78 is 0. The van der Waals surface area contributed by atoms with E-state index in [1.54, 1.807) is 6.42 Å². The molecule has 1 heteroatoms. The van der Waals surface area contributed by atoms with E-state index in [4.69, 9.17) is 0 Å². The van der Waals surface area contributed by atoms with Crippen LogP contribution in [0.1, 0.15) is 55.0 Å². The van der Waals surface area contributed by atoms with Crippen LogP contribution >= 0.6 is 15.9 Å². The second-order valence-corrected chi connectivity index (χ2v) is 8.27. The minimum atomic E-state index is 0.604. The summed E-state index contributed by atoms with van der Waals surface area (Å²) >= 11 is 4.01. The van der Waals surface area contributed by atoms with Gasteiger partial charge in [0.15, 0.2) is 0 Å². The molecule has 1 aromatic carbocycles. The van der Waals surface area contributed by atoms with Gasteiger partial charge in [-0.3, -0.25) is 0 Å². The molecule has 1 aromatic rings. The number of benzene rings is 1. The van der Waals surface area contributed by atoms with Gasteiger partial charge < -0.3 is 0 Å². The third-order valence-corrected chi connectivity index (χ3v) is 7.19. The summed E-state index contributed by atoms with van der Waals surface area (Å²) in [5, 5.41) is 0. The van der Waals surface area contributed by atoms with E-state index in [9.17, 15) is 0 Å². The number of hydrogen-bond acceptors (Lipinski definition) is 0. The van der Waals surface area contributed by atoms with Gasteiger partial charge in [0.2, 0.25) is 0 Å². The molecule has 0 amide bonds. The number of halogens is 1. The van der Waals surface area contributed by atoms with E-state index in [1.807, 2.05) is 0 Å². The van der Waals surface area contributed by atoms with Gasteiger partial charge in [0.05, 0.1) is 0 Å². The standard InChI is InChI=1S/C18H23Br/c1-10(2)11-3-5-12(6-4-11)18(19)17-15-13-7-8-14(9-13)16(15)17/h3-6,10,13-18H,7-9H2,1-2H3. The Morgan fingerprint density at radius 3 is 2.00 bits per heavy atom. The van der Waals surface area contributed by atoms with Gasteiger partial charge >= 0.3 is 0 Å². The van der Waals surface area contributed by atoms with Gasteiger partial charge in [-0.05, 0) is 65.9 Å². The van der Waals surface area contributed by atoms with Gasteiger partial charge in [-0.15, -0.1) is 0 Å². The summed E-state index contributed by atoms with van der Waals surface area (Å²) in [4.78, 5) is 0.604. The summed E-state index contributed by atoms with van der Waals surface area (Å²) in [6.45, 7) is 4.53. The zero-order valence-corrected chi connectivity index (χ0v) is 13.4. The van der Waals surface area contributed by atoms with Crippen LogP contribution in [-0.2, 0) is 0 Å². The molecular formula is C18H23Br. The quantitative estimate of drug-likeness (QED) is 0.642. The number of hydrogen-bond donors (Lipinski definition) is 0. The minimum Gasteiger partial charge on any atom is -0.0836 e. The largest absolute Gasteiger partial charge is 0.0836 e. The van der Waals surface area contributed by atoms with E-state index >= 15 is 0 Å². The summed E-state index contributed by atoms with van der Waals surface area (Å²) in [6, 6.07) is 9.34. The predicted octanol–water partition coefficient (Wildman–Crippen LogP) is 5.54. The zero-order valence-electron chi connectivity index (χ0n) is 11.9. The molecule has 3 fully saturated rings. The molecule has 0 spiro atoms. The van der Waals surface area contributed by atoms with Gasteiger partial charge in [0, 0.05) is 4.83 Å². The third-order valence-electron chi connectivity index (χ3n) is 6.05. The topological polar surface area (TPSA) is 0 Å². The van der Waals surface area contributed by atoms with Crippen LogP contribution < -0.4 is 0 Å². The Kier molecular flexibility index (Phi) is 2.85. The van der Waals surface area contributed by atoms with Gasteiger partial charge in [-0.2, -0.15) is 0 Å². The second-order valence-electron chi connectivity index (χ2n) is 7.29. The molecule has 102 valence electrons. The fourth-order valence-electron chi connectivity index (χ4n) is 5.07. The fraction of sp³-hybridized carbons (Fsp3) is 0.667. The molecule has 3 saturated carbocycles. The molecule has 4 rings (SSSR count). The molecule has 0 nitrogen and oxygen atoms in total. The third kappa shape index (κ3) is 1.84. The molecule has 0 saturated heterocycles. The summed E-state index contributed by atoms with van der Waals surface area (Å²) in [6.07, 6.45) is 4.60. The maximum absolute atomic E-state index is 4.01. The first-order chi connectivity index (χ1) is 9.16. The van der Waals surface area contributed by atoms with Crippen LogP contribution in [0, 0.1) is 29.6 Å². The highest BCUT2D eigenvalue weighted by molar-refractivity contribution is 9.09. The molecule has 0 aromatic heterocycles. The zero-order chi connectivity index (χ0) is 13.1. The highest BCUT2D eigenvalue weighted by Crippen LogP contribution is 2.73. The van der Waals surface area contributed by atoms with E-state index < -0.39 is 0 Å². The van der Waals surface area contributed by atoms with E-state index in [2.05, 4.69) is 54.0 Å². The number of fused-ring (bicyclic) bond motifs is 5. The predicted molar refractivity (Wildman–Crippen MR) is 83.5 cm³/mol. The van der Waals surface area contributed by atoms with Crippen molar-refractivity contribution in [1.82, 2.24) is 0 Å². The molecule has 0 radical (unpaired) electrons. The lowest BCUT2D eigenvalue weighted by atomic mass is 9.95. The summed E-state index contributed by atoms with van der Waals surface area (Å²) in [5.74, 6) is 5.86. The Bertz CT molecular complexity index is 459. The molecule has 3 aliphatic rings. The van der Waals surface area contributed by atoms with E-state index in [-0.39, 0.29) is 0 Å². The lowest BCUT2D eigenvalue weighted by Gasteiger charge is -2.16. The van der Waals surface area contributed by atoms with Gasteiger partial charge in [0.1, 0.15) is 0 Å². The maximum Gasteiger partial charge on any atom is 0.0429 e. The lowest BCUT2D eigenvalue weighted by Crippen LogP contribution is -2.04. The second kappa shape index (κ2) is 4.35. The normalized spacial score (nSPS) is 40.5. The molecule has 0 heterocycles. The van der Waals surface area contributed by atoms with Crippen LogP contribution in [-0.4, -0.2) is 0 Å². The van der Waals surface area contributed by atoms with Crippen molar-refractivity contribution in [2.45, 2.75) is 43.9 Å². The van der Waals surface area contributed by atoms with Crippen molar-refractivity contribution in [3.63, 3.8) is 0 Å². The Hall–Kier alpha value is -0.300. The van der Waals surface area contributed by atoms with Crippen molar-refractivity contribution in [3.05, 3.63) is 35.4 Å². The number of alkyl halides is 1. The molecule has 19 heavy (non-hydrogen) atoms. The monoisotopic (exact) mass is 318 g/mol.